The summed E-state index contributed by atoms with van der Waals surface area (Å²) >= 11 is 5.86. The van der Waals surface area contributed by atoms with Crippen LogP contribution in [0, 0.1) is 0 Å². The molecule has 2 aromatic rings. The third-order valence-corrected chi connectivity index (χ3v) is 4.84. The van der Waals surface area contributed by atoms with Gasteiger partial charge in [0.05, 0.1) is 12.7 Å². The fraction of sp³-hybridized carbons (Fsp3) is 0.350. The molecule has 144 valence electrons. The minimum atomic E-state index is -0.160. The summed E-state index contributed by atoms with van der Waals surface area (Å²) in [5, 5.41) is 10.7. The average Bonchev–Trinajstić information content (AvgIpc) is 2.69. The highest BCUT2D eigenvalue weighted by atomic mass is 35.5. The lowest BCUT2D eigenvalue weighted by atomic mass is 10.1. The molecule has 1 aliphatic heterocycles. The lowest BCUT2D eigenvalue weighted by molar-refractivity contribution is 0.0617. The number of piperazine rings is 1. The van der Waals surface area contributed by atoms with E-state index in [4.69, 9.17) is 21.1 Å². The van der Waals surface area contributed by atoms with Crippen LogP contribution in [0.25, 0.3) is 0 Å². The van der Waals surface area contributed by atoms with E-state index in [9.17, 15) is 9.90 Å². The van der Waals surface area contributed by atoms with Crippen LogP contribution in [0.3, 0.4) is 0 Å². The number of rotatable bonds is 6. The van der Waals surface area contributed by atoms with Crippen LogP contribution in [0.5, 0.6) is 17.2 Å². The van der Waals surface area contributed by atoms with Gasteiger partial charge in [-0.1, -0.05) is 11.6 Å². The first kappa shape index (κ1) is 19.3. The van der Waals surface area contributed by atoms with E-state index in [0.29, 0.717) is 36.0 Å². The quantitative estimate of drug-likeness (QED) is 0.821. The number of carbonyl (C=O) groups is 1. The molecule has 6 nitrogen and oxygen atoms in total. The van der Waals surface area contributed by atoms with Gasteiger partial charge in [-0.25, -0.2) is 0 Å². The predicted molar refractivity (Wildman–Crippen MR) is 104 cm³/mol. The van der Waals surface area contributed by atoms with E-state index < -0.39 is 0 Å². The summed E-state index contributed by atoms with van der Waals surface area (Å²) in [6, 6.07) is 12.0. The largest absolute Gasteiger partial charge is 0.507 e. The zero-order valence-corrected chi connectivity index (χ0v) is 16.0. The fourth-order valence-corrected chi connectivity index (χ4v) is 3.11. The van der Waals surface area contributed by atoms with E-state index in [0.717, 1.165) is 25.4 Å². The summed E-state index contributed by atoms with van der Waals surface area (Å²) in [6.45, 7) is 4.14. The number of benzene rings is 2. The van der Waals surface area contributed by atoms with Gasteiger partial charge in [-0.3, -0.25) is 9.69 Å². The highest BCUT2D eigenvalue weighted by Crippen LogP contribution is 2.25. The first-order valence-corrected chi connectivity index (χ1v) is 9.21. The Hall–Kier alpha value is -2.44. The molecule has 0 aliphatic carbocycles. The number of amides is 1. The third-order valence-electron chi connectivity index (χ3n) is 4.58. The molecule has 0 atom stereocenters. The average molecular weight is 391 g/mol. The van der Waals surface area contributed by atoms with Gasteiger partial charge in [0.2, 0.25) is 0 Å². The molecule has 7 heteroatoms. The smallest absolute Gasteiger partial charge is 0.257 e. The predicted octanol–water partition coefficient (Wildman–Crippen LogP) is 2.89. The monoisotopic (exact) mass is 390 g/mol. The molecule has 0 aromatic heterocycles. The van der Waals surface area contributed by atoms with Crippen molar-refractivity contribution in [3.8, 4) is 17.2 Å². The number of methoxy groups -OCH3 is 1. The molecule has 1 amide bonds. The molecule has 0 radical (unpaired) electrons. The molecule has 3 rings (SSSR count). The summed E-state index contributed by atoms with van der Waals surface area (Å²) in [6.07, 6.45) is 0. The van der Waals surface area contributed by atoms with Gasteiger partial charge in [0.25, 0.3) is 5.91 Å². The maximum absolute atomic E-state index is 12.6. The lowest BCUT2D eigenvalue weighted by Crippen LogP contribution is -2.49. The Morgan fingerprint density at radius 2 is 1.74 bits per heavy atom. The number of hydrogen-bond acceptors (Lipinski definition) is 5. The number of nitrogens with zero attached hydrogens (tertiary/aromatic N) is 2. The highest BCUT2D eigenvalue weighted by Gasteiger charge is 2.24. The van der Waals surface area contributed by atoms with Crippen molar-refractivity contribution in [1.82, 2.24) is 9.80 Å². The van der Waals surface area contributed by atoms with Crippen LogP contribution in [-0.4, -0.2) is 67.3 Å². The molecule has 0 saturated carbocycles. The first-order chi connectivity index (χ1) is 13.1. The van der Waals surface area contributed by atoms with Crippen LogP contribution in [0.1, 0.15) is 10.4 Å². The fourth-order valence-electron chi connectivity index (χ4n) is 2.99. The Morgan fingerprint density at radius 3 is 2.37 bits per heavy atom. The van der Waals surface area contributed by atoms with Gasteiger partial charge >= 0.3 is 0 Å². The van der Waals surface area contributed by atoms with Crippen LogP contribution in [0.2, 0.25) is 5.02 Å². The number of ether oxygens (including phenoxy) is 2. The van der Waals surface area contributed by atoms with Crippen molar-refractivity contribution in [3.05, 3.63) is 53.1 Å². The molecule has 1 aliphatic rings. The molecule has 0 bridgehead atoms. The van der Waals surface area contributed by atoms with Crippen LogP contribution < -0.4 is 9.47 Å². The molecular weight excluding hydrogens is 368 g/mol. The van der Waals surface area contributed by atoms with Crippen LogP contribution in [0.15, 0.2) is 42.5 Å². The zero-order chi connectivity index (χ0) is 19.2. The standard InChI is InChI=1S/C20H23ClN2O4/c1-26-17-6-7-18(19(24)14-17)20(25)23-10-8-22(9-11-23)12-13-27-16-4-2-15(21)3-5-16/h2-7,14,24H,8-13H2,1H3. The van der Waals surface area contributed by atoms with E-state index in [-0.39, 0.29) is 11.7 Å². The molecule has 0 spiro atoms. The molecule has 2 aromatic carbocycles. The summed E-state index contributed by atoms with van der Waals surface area (Å²) in [7, 11) is 1.52. The summed E-state index contributed by atoms with van der Waals surface area (Å²) in [4.78, 5) is 16.6. The van der Waals surface area contributed by atoms with Crippen molar-refractivity contribution >= 4 is 17.5 Å². The second kappa shape index (κ2) is 8.97. The summed E-state index contributed by atoms with van der Waals surface area (Å²) in [5.41, 5.74) is 0.301. The molecule has 1 N–H and O–H groups in total. The number of phenolic OH excluding ortho intramolecular Hbond substituents is 1. The molecule has 1 saturated heterocycles. The van der Waals surface area contributed by atoms with Crippen molar-refractivity contribution in [2.45, 2.75) is 0 Å². The topological polar surface area (TPSA) is 62.2 Å². The Bertz CT molecular complexity index is 774. The summed E-state index contributed by atoms with van der Waals surface area (Å²) < 4.78 is 10.8. The van der Waals surface area contributed by atoms with Gasteiger partial charge in [0, 0.05) is 43.8 Å². The van der Waals surface area contributed by atoms with E-state index in [1.807, 2.05) is 12.1 Å². The van der Waals surface area contributed by atoms with Gasteiger partial charge in [-0.2, -0.15) is 0 Å². The van der Waals surface area contributed by atoms with E-state index in [1.54, 1.807) is 29.2 Å². The normalized spacial score (nSPS) is 14.8. The van der Waals surface area contributed by atoms with Crippen molar-refractivity contribution in [2.75, 3.05) is 46.4 Å². The van der Waals surface area contributed by atoms with Crippen molar-refractivity contribution < 1.29 is 19.4 Å². The Morgan fingerprint density at radius 1 is 1.07 bits per heavy atom. The van der Waals surface area contributed by atoms with Gasteiger partial charge in [0.1, 0.15) is 23.9 Å². The third kappa shape index (κ3) is 5.05. The van der Waals surface area contributed by atoms with Crippen molar-refractivity contribution in [2.24, 2.45) is 0 Å². The maximum Gasteiger partial charge on any atom is 0.257 e. The van der Waals surface area contributed by atoms with E-state index >= 15 is 0 Å². The Labute approximate surface area is 163 Å². The Balaban J connectivity index is 1.45. The number of halogens is 1. The minimum Gasteiger partial charge on any atom is -0.507 e. The minimum absolute atomic E-state index is 0.0573. The number of hydrogen-bond donors (Lipinski definition) is 1. The van der Waals surface area contributed by atoms with Crippen molar-refractivity contribution in [1.29, 1.82) is 0 Å². The van der Waals surface area contributed by atoms with E-state index in [1.165, 1.54) is 13.2 Å². The maximum atomic E-state index is 12.6. The second-order valence-electron chi connectivity index (χ2n) is 6.32. The number of carbonyl (C=O) groups excluding carboxylic acids is 1. The van der Waals surface area contributed by atoms with Crippen LogP contribution in [0.4, 0.5) is 0 Å². The Kier molecular flexibility index (Phi) is 6.42. The molecule has 27 heavy (non-hydrogen) atoms. The zero-order valence-electron chi connectivity index (χ0n) is 15.2. The molecular formula is C20H23ClN2O4. The van der Waals surface area contributed by atoms with Crippen molar-refractivity contribution in [3.63, 3.8) is 0 Å². The molecule has 1 fully saturated rings. The number of phenols is 1. The van der Waals surface area contributed by atoms with Crippen LogP contribution in [-0.2, 0) is 0 Å². The van der Waals surface area contributed by atoms with Gasteiger partial charge in [0.15, 0.2) is 0 Å². The summed E-state index contributed by atoms with van der Waals surface area (Å²) in [5.74, 6) is 1.10. The van der Waals surface area contributed by atoms with Gasteiger partial charge in [-0.15, -0.1) is 0 Å². The van der Waals surface area contributed by atoms with Gasteiger partial charge in [-0.05, 0) is 36.4 Å². The van der Waals surface area contributed by atoms with E-state index in [2.05, 4.69) is 4.90 Å². The first-order valence-electron chi connectivity index (χ1n) is 8.84. The SMILES string of the molecule is COc1ccc(C(=O)N2CCN(CCOc3ccc(Cl)cc3)CC2)c(O)c1. The number of aromatic hydroxyl groups is 1. The van der Waals surface area contributed by atoms with Crippen LogP contribution >= 0.6 is 11.6 Å². The van der Waals surface area contributed by atoms with Gasteiger partial charge < -0.3 is 19.5 Å². The lowest BCUT2D eigenvalue weighted by Gasteiger charge is -2.34. The highest BCUT2D eigenvalue weighted by molar-refractivity contribution is 6.30. The molecule has 1 heterocycles. The second-order valence-corrected chi connectivity index (χ2v) is 6.76. The molecule has 0 unspecified atom stereocenters.